The van der Waals surface area contributed by atoms with Crippen molar-refractivity contribution in [3.8, 4) is 0 Å². The van der Waals surface area contributed by atoms with E-state index in [1.165, 1.54) is 12.8 Å². The number of amides is 3. The van der Waals surface area contributed by atoms with Gasteiger partial charge in [-0.1, -0.05) is 48.0 Å². The highest BCUT2D eigenvalue weighted by molar-refractivity contribution is 6.30. The summed E-state index contributed by atoms with van der Waals surface area (Å²) >= 11 is 6.06. The van der Waals surface area contributed by atoms with E-state index in [4.69, 9.17) is 11.6 Å². The molecule has 2 heterocycles. The smallest absolute Gasteiger partial charge is 0.321 e. The van der Waals surface area contributed by atoms with Crippen molar-refractivity contribution >= 4 is 29.2 Å². The molecule has 2 aliphatic rings. The number of hydrogen-bond donors (Lipinski definition) is 2. The second-order valence-electron chi connectivity index (χ2n) is 8.73. The summed E-state index contributed by atoms with van der Waals surface area (Å²) in [7, 11) is 0. The van der Waals surface area contributed by atoms with Gasteiger partial charge in [0.1, 0.15) is 0 Å². The molecule has 4 rings (SSSR count). The molecule has 2 atom stereocenters. The molecule has 2 N–H and O–H groups in total. The molecule has 3 amide bonds. The summed E-state index contributed by atoms with van der Waals surface area (Å²) < 4.78 is 0. The van der Waals surface area contributed by atoms with E-state index in [1.807, 2.05) is 24.3 Å². The fourth-order valence-electron chi connectivity index (χ4n) is 4.68. The Morgan fingerprint density at radius 2 is 1.78 bits per heavy atom. The molecule has 0 spiro atoms. The van der Waals surface area contributed by atoms with Crippen molar-refractivity contribution in [3.63, 3.8) is 0 Å². The lowest BCUT2D eigenvalue weighted by Crippen LogP contribution is -2.50. The fraction of sp³-hybridized carbons (Fsp3) is 0.440. The Balaban J connectivity index is 1.42. The van der Waals surface area contributed by atoms with E-state index < -0.39 is 0 Å². The molecule has 0 aliphatic carbocycles. The van der Waals surface area contributed by atoms with Crippen LogP contribution in [0.4, 0.5) is 10.5 Å². The van der Waals surface area contributed by atoms with Crippen LogP contribution in [0.2, 0.25) is 5.02 Å². The molecule has 2 aromatic rings. The standard InChI is InChI=1S/C25H31ClN4O2/c26-22-9-6-10-23(16-22)28-25(32)30-17-20(19-7-2-1-3-8-19)15-21(18-30)24(31)27-11-14-29-12-4-5-13-29/h1-3,6-10,16,20-21H,4-5,11-15,17-18H2,(H,27,31)(H,28,32). The number of urea groups is 1. The average molecular weight is 455 g/mol. The van der Waals surface area contributed by atoms with E-state index in [0.717, 1.165) is 31.6 Å². The lowest BCUT2D eigenvalue weighted by Gasteiger charge is -2.37. The van der Waals surface area contributed by atoms with Gasteiger partial charge in [-0.15, -0.1) is 0 Å². The molecule has 0 aromatic heterocycles. The number of halogens is 1. The number of piperidine rings is 1. The summed E-state index contributed by atoms with van der Waals surface area (Å²) in [5, 5.41) is 6.61. The van der Waals surface area contributed by atoms with E-state index in [2.05, 4.69) is 27.7 Å². The van der Waals surface area contributed by atoms with Crippen LogP contribution in [0.25, 0.3) is 0 Å². The molecule has 2 aliphatic heterocycles. The minimum atomic E-state index is -0.238. The zero-order chi connectivity index (χ0) is 22.3. The van der Waals surface area contributed by atoms with Gasteiger partial charge < -0.3 is 20.4 Å². The van der Waals surface area contributed by atoms with E-state index in [0.29, 0.717) is 30.3 Å². The highest BCUT2D eigenvalue weighted by atomic mass is 35.5. The zero-order valence-corrected chi connectivity index (χ0v) is 19.1. The molecule has 0 bridgehead atoms. The molecule has 6 nitrogen and oxygen atoms in total. The van der Waals surface area contributed by atoms with Crippen molar-refractivity contribution < 1.29 is 9.59 Å². The Morgan fingerprint density at radius 1 is 1.00 bits per heavy atom. The Kier molecular flexibility index (Phi) is 7.66. The second-order valence-corrected chi connectivity index (χ2v) is 9.16. The number of likely N-dealkylation sites (tertiary alicyclic amines) is 2. The van der Waals surface area contributed by atoms with Gasteiger partial charge in [-0.3, -0.25) is 4.79 Å². The molecule has 7 heteroatoms. The predicted molar refractivity (Wildman–Crippen MR) is 128 cm³/mol. The van der Waals surface area contributed by atoms with Gasteiger partial charge in [0.05, 0.1) is 5.92 Å². The number of anilines is 1. The number of rotatable bonds is 6. The first-order chi connectivity index (χ1) is 15.6. The van der Waals surface area contributed by atoms with Gasteiger partial charge in [-0.05, 0) is 56.1 Å². The molecule has 2 unspecified atom stereocenters. The van der Waals surface area contributed by atoms with Gasteiger partial charge in [-0.2, -0.15) is 0 Å². The lowest BCUT2D eigenvalue weighted by atomic mass is 9.84. The number of nitrogens with one attached hydrogen (secondary N) is 2. The summed E-state index contributed by atoms with van der Waals surface area (Å²) in [4.78, 5) is 30.2. The van der Waals surface area contributed by atoms with Crippen LogP contribution >= 0.6 is 11.6 Å². The SMILES string of the molecule is O=C(NCCN1CCCC1)C1CC(c2ccccc2)CN(C(=O)Nc2cccc(Cl)c2)C1. The summed E-state index contributed by atoms with van der Waals surface area (Å²) in [6.07, 6.45) is 3.22. The average Bonchev–Trinajstić information content (AvgIpc) is 3.33. The monoisotopic (exact) mass is 454 g/mol. The topological polar surface area (TPSA) is 64.7 Å². The van der Waals surface area contributed by atoms with Gasteiger partial charge in [0.15, 0.2) is 0 Å². The highest BCUT2D eigenvalue weighted by Crippen LogP contribution is 2.31. The third-order valence-corrected chi connectivity index (χ3v) is 6.62. The molecular weight excluding hydrogens is 424 g/mol. The minimum Gasteiger partial charge on any atom is -0.355 e. The summed E-state index contributed by atoms with van der Waals surface area (Å²) in [6, 6.07) is 17.0. The third kappa shape index (κ3) is 6.02. The van der Waals surface area contributed by atoms with E-state index in [-0.39, 0.29) is 23.8 Å². The Morgan fingerprint density at radius 3 is 2.53 bits per heavy atom. The molecule has 2 fully saturated rings. The number of carbonyl (C=O) groups excluding carboxylic acids is 2. The molecule has 32 heavy (non-hydrogen) atoms. The van der Waals surface area contributed by atoms with Crippen LogP contribution in [0.15, 0.2) is 54.6 Å². The van der Waals surface area contributed by atoms with Crippen molar-refractivity contribution in [1.82, 2.24) is 15.1 Å². The molecule has 2 aromatic carbocycles. The van der Waals surface area contributed by atoms with E-state index in [9.17, 15) is 9.59 Å². The van der Waals surface area contributed by atoms with Crippen LogP contribution in [0, 0.1) is 5.92 Å². The van der Waals surface area contributed by atoms with E-state index >= 15 is 0 Å². The van der Waals surface area contributed by atoms with Gasteiger partial charge in [-0.25, -0.2) is 4.79 Å². The lowest BCUT2D eigenvalue weighted by molar-refractivity contribution is -0.126. The normalized spacial score (nSPS) is 21.3. The van der Waals surface area contributed by atoms with Crippen molar-refractivity contribution in [1.29, 1.82) is 0 Å². The quantitative estimate of drug-likeness (QED) is 0.687. The van der Waals surface area contributed by atoms with Gasteiger partial charge in [0, 0.05) is 42.8 Å². The summed E-state index contributed by atoms with van der Waals surface area (Å²) in [6.45, 7) is 4.76. The maximum atomic E-state index is 13.0. The first-order valence-corrected chi connectivity index (χ1v) is 11.8. The molecule has 2 saturated heterocycles. The van der Waals surface area contributed by atoms with Crippen LogP contribution in [-0.2, 0) is 4.79 Å². The summed E-state index contributed by atoms with van der Waals surface area (Å²) in [5.74, 6) is -0.0903. The Labute approximate surface area is 194 Å². The van der Waals surface area contributed by atoms with Gasteiger partial charge >= 0.3 is 6.03 Å². The van der Waals surface area contributed by atoms with Crippen LogP contribution in [0.3, 0.4) is 0 Å². The van der Waals surface area contributed by atoms with Crippen LogP contribution in [-0.4, -0.2) is 61.0 Å². The minimum absolute atomic E-state index is 0.0328. The summed E-state index contributed by atoms with van der Waals surface area (Å²) in [5.41, 5.74) is 1.80. The number of hydrogen-bond acceptors (Lipinski definition) is 3. The Hall–Kier alpha value is -2.57. The Bertz CT molecular complexity index is 917. The van der Waals surface area contributed by atoms with Crippen molar-refractivity contribution in [3.05, 3.63) is 65.2 Å². The highest BCUT2D eigenvalue weighted by Gasteiger charge is 2.34. The number of benzene rings is 2. The number of carbonyl (C=O) groups is 2. The van der Waals surface area contributed by atoms with Crippen LogP contribution < -0.4 is 10.6 Å². The van der Waals surface area contributed by atoms with Gasteiger partial charge in [0.2, 0.25) is 5.91 Å². The van der Waals surface area contributed by atoms with E-state index in [1.54, 1.807) is 23.1 Å². The molecule has 0 saturated carbocycles. The van der Waals surface area contributed by atoms with Crippen LogP contribution in [0.5, 0.6) is 0 Å². The second kappa shape index (κ2) is 10.8. The van der Waals surface area contributed by atoms with Crippen molar-refractivity contribution in [2.45, 2.75) is 25.2 Å². The third-order valence-electron chi connectivity index (χ3n) is 6.38. The molecular formula is C25H31ClN4O2. The maximum absolute atomic E-state index is 13.0. The largest absolute Gasteiger partial charge is 0.355 e. The maximum Gasteiger partial charge on any atom is 0.321 e. The first-order valence-electron chi connectivity index (χ1n) is 11.4. The zero-order valence-electron chi connectivity index (χ0n) is 18.3. The first kappa shape index (κ1) is 22.6. The molecule has 170 valence electrons. The molecule has 0 radical (unpaired) electrons. The van der Waals surface area contributed by atoms with Gasteiger partial charge in [0.25, 0.3) is 0 Å². The van der Waals surface area contributed by atoms with Crippen molar-refractivity contribution in [2.75, 3.05) is 44.6 Å². The fourth-order valence-corrected chi connectivity index (χ4v) is 4.87. The van der Waals surface area contributed by atoms with Crippen LogP contribution in [0.1, 0.15) is 30.7 Å². The van der Waals surface area contributed by atoms with Crippen molar-refractivity contribution in [2.24, 2.45) is 5.92 Å². The predicted octanol–water partition coefficient (Wildman–Crippen LogP) is 4.19. The number of nitrogens with zero attached hydrogens (tertiary/aromatic N) is 2.